The van der Waals surface area contributed by atoms with Gasteiger partial charge in [0.2, 0.25) is 5.75 Å². The van der Waals surface area contributed by atoms with Gasteiger partial charge in [-0.25, -0.2) is 0 Å². The number of esters is 4. The molecule has 298 valence electrons. The minimum absolute atomic E-state index is 0.0176. The number of carbonyl (C=O) groups excluding carboxylic acids is 5. The van der Waals surface area contributed by atoms with Crippen LogP contribution in [0.25, 0.3) is 22.3 Å². The van der Waals surface area contributed by atoms with Crippen LogP contribution in [0.4, 0.5) is 0 Å². The molecule has 0 unspecified atom stereocenters. The summed E-state index contributed by atoms with van der Waals surface area (Å²) in [5, 5.41) is 37.5. The van der Waals surface area contributed by atoms with E-state index < -0.39 is 81.0 Å². The Morgan fingerprint density at radius 1 is 0.768 bits per heavy atom. The first-order valence-electron chi connectivity index (χ1n) is 17.6. The van der Waals surface area contributed by atoms with Gasteiger partial charge >= 0.3 is 41.4 Å². The molecule has 0 fully saturated rings. The lowest BCUT2D eigenvalue weighted by molar-refractivity contribution is -1.08. The molecular weight excluding hydrogens is 736 g/mol. The molecular formula is C39H42N2O15. The van der Waals surface area contributed by atoms with E-state index in [1.807, 2.05) is 0 Å². The van der Waals surface area contributed by atoms with Gasteiger partial charge < -0.3 is 39.1 Å². The zero-order valence-electron chi connectivity index (χ0n) is 32.2. The molecule has 0 spiro atoms. The topological polar surface area (TPSA) is 217 Å². The molecule has 17 nitrogen and oxygen atoms in total. The Balaban J connectivity index is 1.91. The van der Waals surface area contributed by atoms with Gasteiger partial charge in [0.25, 0.3) is 0 Å². The summed E-state index contributed by atoms with van der Waals surface area (Å²) in [6.45, 7) is 11.0. The number of ether oxygens (including phenoxy) is 5. The smallest absolute Gasteiger partial charge is 0.374 e. The van der Waals surface area contributed by atoms with Crippen LogP contribution in [0, 0.1) is 17.0 Å². The second kappa shape index (κ2) is 15.5. The fourth-order valence-corrected chi connectivity index (χ4v) is 6.57. The molecule has 0 saturated carbocycles. The molecule has 0 radical (unpaired) electrons. The number of fused-ring (bicyclic) bond motifs is 2. The fourth-order valence-electron chi connectivity index (χ4n) is 6.57. The van der Waals surface area contributed by atoms with Gasteiger partial charge in [-0.05, 0) is 54.3 Å². The predicted molar refractivity (Wildman–Crippen MR) is 194 cm³/mol. The molecule has 0 aliphatic carbocycles. The Bertz CT molecular complexity index is 2090. The van der Waals surface area contributed by atoms with Crippen molar-refractivity contribution in [1.82, 2.24) is 5.06 Å². The first-order chi connectivity index (χ1) is 26.4. The highest BCUT2D eigenvalue weighted by Crippen LogP contribution is 2.59. The molecule has 5 rings (SSSR count). The molecule has 1 amide bonds. The summed E-state index contributed by atoms with van der Waals surface area (Å²) < 4.78 is 29.1. The quantitative estimate of drug-likeness (QED) is 0.0939. The zero-order valence-corrected chi connectivity index (χ0v) is 32.2. The Morgan fingerprint density at radius 2 is 1.23 bits per heavy atom. The van der Waals surface area contributed by atoms with E-state index in [0.717, 1.165) is 32.8 Å². The van der Waals surface area contributed by atoms with Crippen molar-refractivity contribution in [2.75, 3.05) is 7.11 Å². The maximum absolute atomic E-state index is 15.0. The van der Waals surface area contributed by atoms with Gasteiger partial charge in [-0.15, -0.1) is 0 Å². The molecule has 2 aliphatic heterocycles. The van der Waals surface area contributed by atoms with Crippen LogP contribution in [0.5, 0.6) is 40.2 Å². The van der Waals surface area contributed by atoms with E-state index in [1.165, 1.54) is 49.6 Å². The second-order valence-electron chi connectivity index (χ2n) is 13.2. The highest BCUT2D eigenvalue weighted by molar-refractivity contribution is 5.98. The van der Waals surface area contributed by atoms with E-state index in [4.69, 9.17) is 33.4 Å². The lowest BCUT2D eigenvalue weighted by Gasteiger charge is -2.56. The molecule has 2 heterocycles. The second-order valence-corrected chi connectivity index (χ2v) is 13.2. The summed E-state index contributed by atoms with van der Waals surface area (Å²) in [6, 6.07) is 9.19. The Kier molecular flexibility index (Phi) is 11.4. The number of hydrogen-bond donors (Lipinski definition) is 2. The molecule has 2 aliphatic rings. The largest absolute Gasteiger partial charge is 0.578 e. The number of phenolic OH excluding ortho intramolecular Hbond substituents is 1. The van der Waals surface area contributed by atoms with E-state index >= 15 is 0 Å². The van der Waals surface area contributed by atoms with Crippen molar-refractivity contribution >= 4 is 29.8 Å². The number of aromatic hydroxyl groups is 1. The third-order valence-electron chi connectivity index (χ3n) is 9.38. The summed E-state index contributed by atoms with van der Waals surface area (Å²) in [5.74, 6) is -9.43. The van der Waals surface area contributed by atoms with E-state index in [0.29, 0.717) is 6.42 Å². The minimum Gasteiger partial charge on any atom is -0.578 e. The molecule has 0 saturated heterocycles. The molecule has 2 N–H and O–H groups in total. The van der Waals surface area contributed by atoms with Crippen LogP contribution < -0.4 is 28.5 Å². The van der Waals surface area contributed by atoms with Crippen LogP contribution in [0.3, 0.4) is 0 Å². The normalized spacial score (nSPS) is 19.8. The van der Waals surface area contributed by atoms with Crippen LogP contribution in [0.2, 0.25) is 0 Å². The highest BCUT2D eigenvalue weighted by atomic mass is 17.0. The molecule has 4 atom stereocenters. The lowest BCUT2D eigenvalue weighted by atomic mass is 9.89. The van der Waals surface area contributed by atoms with E-state index in [9.17, 15) is 39.4 Å². The van der Waals surface area contributed by atoms with Crippen molar-refractivity contribution in [2.24, 2.45) is 11.8 Å². The SMILES string of the molecule is CC[C@H](C)C1=C(O)[N@+]2([O-])Oc3ccc(-c4c(OC(C)=O)c(OC(C)=O)c(-c5ccc(O)cc5)c(OC(C)=O)c4OC(C)=O)cc3O[C@]2([C@@H](C)CC)C(=O)N1OC. The van der Waals surface area contributed by atoms with Gasteiger partial charge in [-0.3, -0.25) is 33.6 Å². The standard InChI is InChI=1S/C39H42N2O15/c1-10-19(3)32-37(47)41(49)39(20(4)11-2,38(48)40(32)50-9)55-29-18-26(14-17-28(29)56-41)31-35(53-23(7)44)33(51-21(5)42)30(25-12-15-27(46)16-13-25)34(52-22(6)43)36(31)54-24(8)45/h12-20,46-47H,10-11H2,1-9H3/t19-,20-,39+,41-/m0/s1. The molecule has 17 heteroatoms. The predicted octanol–water partition coefficient (Wildman–Crippen LogP) is 6.35. The van der Waals surface area contributed by atoms with Gasteiger partial charge in [-0.1, -0.05) is 44.6 Å². The first-order valence-corrected chi connectivity index (χ1v) is 17.6. The summed E-state index contributed by atoms with van der Waals surface area (Å²) >= 11 is 0. The lowest BCUT2D eigenvalue weighted by Crippen LogP contribution is -2.78. The summed E-state index contributed by atoms with van der Waals surface area (Å²) in [6.07, 6.45) is 0.592. The van der Waals surface area contributed by atoms with Gasteiger partial charge in [0.15, 0.2) is 34.4 Å². The van der Waals surface area contributed by atoms with Gasteiger partial charge in [0.1, 0.15) is 5.75 Å². The van der Waals surface area contributed by atoms with Crippen molar-refractivity contribution in [3.05, 3.63) is 59.3 Å². The molecule has 3 aromatic carbocycles. The third-order valence-corrected chi connectivity index (χ3v) is 9.38. The van der Waals surface area contributed by atoms with Gasteiger partial charge in [-0.2, -0.15) is 5.06 Å². The Labute approximate surface area is 321 Å². The number of nitrogens with zero attached hydrogens (tertiary/aromatic N) is 2. The average Bonchev–Trinajstić information content (AvgIpc) is 3.13. The van der Waals surface area contributed by atoms with Gasteiger partial charge in [0.05, 0.1) is 24.2 Å². The van der Waals surface area contributed by atoms with Crippen LogP contribution in [-0.4, -0.2) is 62.7 Å². The molecule has 3 aromatic rings. The third kappa shape index (κ3) is 6.84. The molecule has 0 aromatic heterocycles. The van der Waals surface area contributed by atoms with E-state index in [2.05, 4.69) is 0 Å². The van der Waals surface area contributed by atoms with Crippen LogP contribution >= 0.6 is 0 Å². The number of quaternary nitrogens is 1. The van der Waals surface area contributed by atoms with Crippen molar-refractivity contribution in [3.63, 3.8) is 0 Å². The number of phenols is 1. The number of hydroxylamine groups is 6. The summed E-state index contributed by atoms with van der Waals surface area (Å²) in [5.41, 5.74) is -2.95. The Morgan fingerprint density at radius 3 is 1.66 bits per heavy atom. The number of aliphatic hydroxyl groups excluding tert-OH is 1. The zero-order chi connectivity index (χ0) is 41.4. The average molecular weight is 779 g/mol. The van der Waals surface area contributed by atoms with Crippen LogP contribution in [-0.2, 0) is 28.8 Å². The maximum Gasteiger partial charge on any atom is 0.374 e. The Hall–Kier alpha value is -6.17. The summed E-state index contributed by atoms with van der Waals surface area (Å²) in [7, 11) is 1.20. The number of carbonyl (C=O) groups is 5. The van der Waals surface area contributed by atoms with Crippen molar-refractivity contribution < 1.29 is 72.4 Å². The van der Waals surface area contributed by atoms with E-state index in [-0.39, 0.29) is 51.6 Å². The van der Waals surface area contributed by atoms with Crippen molar-refractivity contribution in [3.8, 4) is 62.5 Å². The van der Waals surface area contributed by atoms with Gasteiger partial charge in [0, 0.05) is 33.6 Å². The van der Waals surface area contributed by atoms with Crippen molar-refractivity contribution in [2.45, 2.75) is 74.0 Å². The molecule has 56 heavy (non-hydrogen) atoms. The first kappa shape index (κ1) is 41.0. The number of rotatable bonds is 11. The van der Waals surface area contributed by atoms with Crippen molar-refractivity contribution in [1.29, 1.82) is 0 Å². The number of aliphatic hydroxyl groups is 1. The van der Waals surface area contributed by atoms with Crippen LogP contribution in [0.1, 0.15) is 68.2 Å². The summed E-state index contributed by atoms with van der Waals surface area (Å²) in [4.78, 5) is 74.8. The monoisotopic (exact) mass is 778 g/mol. The number of benzene rings is 3. The minimum atomic E-state index is -2.52. The van der Waals surface area contributed by atoms with E-state index in [1.54, 1.807) is 27.7 Å². The molecule has 0 bridgehead atoms. The highest BCUT2D eigenvalue weighted by Gasteiger charge is 2.72. The maximum atomic E-state index is 15.0. The number of hydrogen-bond acceptors (Lipinski definition) is 15. The fraction of sp³-hybridized carbons (Fsp3) is 0.359. The number of amides is 1. The van der Waals surface area contributed by atoms with Crippen LogP contribution in [0.15, 0.2) is 54.0 Å². The number of allylic oxidation sites excluding steroid dienone is 1.